The standard InChI is InChI=1S/C20H27FN6O2/c1-22-20(25-13-15-5-6-18(24-12-15)29-11-10-28-2)26-16-7-9-27(14-16)19-17(21)4-3-8-23-19/h3-6,8,12,16H,7,9-11,13-14H2,1-2H3,(H2,22,25,26). The molecule has 1 aliphatic rings. The van der Waals surface area contributed by atoms with Gasteiger partial charge in [0, 0.05) is 58.3 Å². The first-order chi connectivity index (χ1) is 14.2. The summed E-state index contributed by atoms with van der Waals surface area (Å²) < 4.78 is 24.4. The van der Waals surface area contributed by atoms with Crippen LogP contribution in [0.25, 0.3) is 0 Å². The summed E-state index contributed by atoms with van der Waals surface area (Å²) in [4.78, 5) is 14.7. The van der Waals surface area contributed by atoms with Gasteiger partial charge in [0.25, 0.3) is 0 Å². The molecule has 2 aromatic heterocycles. The van der Waals surface area contributed by atoms with Gasteiger partial charge in [-0.3, -0.25) is 4.99 Å². The smallest absolute Gasteiger partial charge is 0.213 e. The largest absolute Gasteiger partial charge is 0.475 e. The molecule has 8 nitrogen and oxygen atoms in total. The second kappa shape index (κ2) is 10.6. The number of anilines is 1. The van der Waals surface area contributed by atoms with Crippen LogP contribution in [0.4, 0.5) is 10.2 Å². The minimum atomic E-state index is -0.294. The van der Waals surface area contributed by atoms with Crippen molar-refractivity contribution in [2.24, 2.45) is 4.99 Å². The normalized spacial score (nSPS) is 16.7. The molecular formula is C20H27FN6O2. The Balaban J connectivity index is 1.46. The summed E-state index contributed by atoms with van der Waals surface area (Å²) in [5, 5.41) is 6.67. The van der Waals surface area contributed by atoms with E-state index in [-0.39, 0.29) is 11.9 Å². The van der Waals surface area contributed by atoms with Crippen LogP contribution in [0, 0.1) is 5.82 Å². The van der Waals surface area contributed by atoms with E-state index < -0.39 is 0 Å². The van der Waals surface area contributed by atoms with Crippen molar-refractivity contribution >= 4 is 11.8 Å². The van der Waals surface area contributed by atoms with E-state index in [2.05, 4.69) is 25.6 Å². The molecule has 9 heteroatoms. The topological polar surface area (TPSA) is 83.9 Å². The van der Waals surface area contributed by atoms with Gasteiger partial charge < -0.3 is 25.0 Å². The van der Waals surface area contributed by atoms with Gasteiger partial charge in [0.15, 0.2) is 17.6 Å². The highest BCUT2D eigenvalue weighted by Crippen LogP contribution is 2.20. The molecule has 0 radical (unpaired) electrons. The Morgan fingerprint density at radius 3 is 2.93 bits per heavy atom. The van der Waals surface area contributed by atoms with Crippen molar-refractivity contribution in [1.82, 2.24) is 20.6 Å². The summed E-state index contributed by atoms with van der Waals surface area (Å²) >= 11 is 0. The van der Waals surface area contributed by atoms with Crippen LogP contribution in [0.3, 0.4) is 0 Å². The Labute approximate surface area is 170 Å². The number of ether oxygens (including phenoxy) is 2. The third-order valence-electron chi connectivity index (χ3n) is 4.59. The Kier molecular flexibility index (Phi) is 7.57. The molecule has 1 fully saturated rings. The van der Waals surface area contributed by atoms with Crippen LogP contribution in [0.2, 0.25) is 0 Å². The molecule has 0 spiro atoms. The summed E-state index contributed by atoms with van der Waals surface area (Å²) in [6.45, 7) is 2.99. The molecule has 0 bridgehead atoms. The maximum Gasteiger partial charge on any atom is 0.213 e. The number of aromatic nitrogens is 2. The highest BCUT2D eigenvalue weighted by Gasteiger charge is 2.25. The number of nitrogens with zero attached hydrogens (tertiary/aromatic N) is 4. The van der Waals surface area contributed by atoms with E-state index >= 15 is 0 Å². The van der Waals surface area contributed by atoms with Gasteiger partial charge in [0.1, 0.15) is 6.61 Å². The molecule has 2 N–H and O–H groups in total. The number of rotatable bonds is 8. The second-order valence-electron chi connectivity index (χ2n) is 6.66. The van der Waals surface area contributed by atoms with Gasteiger partial charge in [-0.1, -0.05) is 6.07 Å². The van der Waals surface area contributed by atoms with Gasteiger partial charge in [0.2, 0.25) is 5.88 Å². The molecule has 0 aliphatic carbocycles. The van der Waals surface area contributed by atoms with Crippen molar-refractivity contribution in [2.45, 2.75) is 19.0 Å². The van der Waals surface area contributed by atoms with Crippen LogP contribution in [0.5, 0.6) is 5.88 Å². The van der Waals surface area contributed by atoms with Crippen LogP contribution in [0.15, 0.2) is 41.7 Å². The van der Waals surface area contributed by atoms with E-state index in [4.69, 9.17) is 9.47 Å². The third kappa shape index (κ3) is 6.02. The van der Waals surface area contributed by atoms with Crippen molar-refractivity contribution in [2.75, 3.05) is 45.4 Å². The number of guanidine groups is 1. The maximum absolute atomic E-state index is 13.9. The number of methoxy groups -OCH3 is 1. The molecule has 1 aliphatic heterocycles. The van der Waals surface area contributed by atoms with E-state index in [1.54, 1.807) is 32.6 Å². The lowest BCUT2D eigenvalue weighted by molar-refractivity contribution is 0.143. The quantitative estimate of drug-likeness (QED) is 0.394. The van der Waals surface area contributed by atoms with E-state index in [0.29, 0.717) is 44.0 Å². The Hall–Kier alpha value is -2.94. The molecule has 0 aromatic carbocycles. The molecule has 2 aromatic rings. The van der Waals surface area contributed by atoms with Crippen molar-refractivity contribution in [3.05, 3.63) is 48.0 Å². The van der Waals surface area contributed by atoms with Gasteiger partial charge in [-0.2, -0.15) is 0 Å². The monoisotopic (exact) mass is 402 g/mol. The fourth-order valence-electron chi connectivity index (χ4n) is 3.08. The predicted molar refractivity (Wildman–Crippen MR) is 110 cm³/mol. The molecule has 156 valence electrons. The fourth-order valence-corrected chi connectivity index (χ4v) is 3.08. The van der Waals surface area contributed by atoms with E-state index in [9.17, 15) is 4.39 Å². The first kappa shape index (κ1) is 20.8. The van der Waals surface area contributed by atoms with Gasteiger partial charge >= 0.3 is 0 Å². The summed E-state index contributed by atoms with van der Waals surface area (Å²) in [7, 11) is 3.36. The van der Waals surface area contributed by atoms with Gasteiger partial charge in [0.05, 0.1) is 6.61 Å². The average molecular weight is 402 g/mol. The Bertz CT molecular complexity index is 802. The molecule has 0 saturated carbocycles. The lowest BCUT2D eigenvalue weighted by Gasteiger charge is -2.20. The molecule has 3 heterocycles. The van der Waals surface area contributed by atoms with Crippen molar-refractivity contribution < 1.29 is 13.9 Å². The number of hydrogen-bond donors (Lipinski definition) is 2. The molecule has 1 atom stereocenters. The van der Waals surface area contributed by atoms with Crippen LogP contribution in [-0.2, 0) is 11.3 Å². The van der Waals surface area contributed by atoms with Crippen LogP contribution in [0.1, 0.15) is 12.0 Å². The van der Waals surface area contributed by atoms with Crippen LogP contribution >= 0.6 is 0 Å². The molecule has 1 saturated heterocycles. The number of hydrogen-bond acceptors (Lipinski definition) is 6. The summed E-state index contributed by atoms with van der Waals surface area (Å²) in [5.74, 6) is 1.37. The zero-order valence-corrected chi connectivity index (χ0v) is 16.8. The molecular weight excluding hydrogens is 375 g/mol. The highest BCUT2D eigenvalue weighted by molar-refractivity contribution is 5.80. The minimum Gasteiger partial charge on any atom is -0.475 e. The molecule has 3 rings (SSSR count). The first-order valence-electron chi connectivity index (χ1n) is 9.59. The van der Waals surface area contributed by atoms with Gasteiger partial charge in [-0.15, -0.1) is 0 Å². The third-order valence-corrected chi connectivity index (χ3v) is 4.59. The lowest BCUT2D eigenvalue weighted by Crippen LogP contribution is -2.44. The van der Waals surface area contributed by atoms with Crippen molar-refractivity contribution in [3.63, 3.8) is 0 Å². The Morgan fingerprint density at radius 2 is 2.21 bits per heavy atom. The zero-order valence-electron chi connectivity index (χ0n) is 16.8. The SMILES string of the molecule is CN=C(NCc1ccc(OCCOC)nc1)NC1CCN(c2ncccc2F)C1. The molecule has 0 amide bonds. The summed E-state index contributed by atoms with van der Waals surface area (Å²) in [5.41, 5.74) is 1.01. The first-order valence-corrected chi connectivity index (χ1v) is 9.59. The van der Waals surface area contributed by atoms with E-state index in [0.717, 1.165) is 18.5 Å². The number of aliphatic imine (C=N–C) groups is 1. The number of halogens is 1. The van der Waals surface area contributed by atoms with E-state index in [1.165, 1.54) is 6.07 Å². The lowest BCUT2D eigenvalue weighted by atomic mass is 10.2. The summed E-state index contributed by atoms with van der Waals surface area (Å²) in [6.07, 6.45) is 4.26. The predicted octanol–water partition coefficient (Wildman–Crippen LogP) is 1.58. The maximum atomic E-state index is 13.9. The van der Waals surface area contributed by atoms with E-state index in [1.807, 2.05) is 17.0 Å². The zero-order chi connectivity index (χ0) is 20.5. The number of pyridine rings is 2. The highest BCUT2D eigenvalue weighted by atomic mass is 19.1. The summed E-state index contributed by atoms with van der Waals surface area (Å²) in [6, 6.07) is 6.99. The number of nitrogens with one attached hydrogen (secondary N) is 2. The minimum absolute atomic E-state index is 0.164. The van der Waals surface area contributed by atoms with Crippen LogP contribution in [-0.4, -0.2) is 62.4 Å². The fraction of sp³-hybridized carbons (Fsp3) is 0.450. The van der Waals surface area contributed by atoms with Crippen molar-refractivity contribution in [3.8, 4) is 5.88 Å². The average Bonchev–Trinajstić information content (AvgIpc) is 3.21. The van der Waals surface area contributed by atoms with Crippen molar-refractivity contribution in [1.29, 1.82) is 0 Å². The van der Waals surface area contributed by atoms with Crippen LogP contribution < -0.4 is 20.3 Å². The Morgan fingerprint density at radius 1 is 1.31 bits per heavy atom. The molecule has 1 unspecified atom stereocenters. The van der Waals surface area contributed by atoms with Gasteiger partial charge in [-0.25, -0.2) is 14.4 Å². The second-order valence-corrected chi connectivity index (χ2v) is 6.66. The molecule has 29 heavy (non-hydrogen) atoms. The van der Waals surface area contributed by atoms with Gasteiger partial charge in [-0.05, 0) is 24.1 Å².